The molecular formula is C13H17NO3S. The minimum Gasteiger partial charge on any atom is -0.480 e. The Labute approximate surface area is 111 Å². The second-order valence-corrected chi connectivity index (χ2v) is 5.04. The van der Waals surface area contributed by atoms with E-state index in [2.05, 4.69) is 0 Å². The average Bonchev–Trinajstić information content (AvgIpc) is 2.40. The van der Waals surface area contributed by atoms with Gasteiger partial charge in [-0.3, -0.25) is 9.69 Å². The molecule has 98 valence electrons. The number of thioether (sulfide) groups is 1. The van der Waals surface area contributed by atoms with Crippen molar-refractivity contribution in [3.8, 4) is 0 Å². The van der Waals surface area contributed by atoms with Crippen LogP contribution in [0.2, 0.25) is 0 Å². The van der Waals surface area contributed by atoms with E-state index in [-0.39, 0.29) is 0 Å². The summed E-state index contributed by atoms with van der Waals surface area (Å²) in [4.78, 5) is 14.6. The standard InChI is InChI=1S/C13H17NO3S/c1-18-11-4-2-10(3-5-11)12(13(15)16)14-6-8-17-9-7-14/h2-5,12H,6-9H2,1H3,(H,15,16)/t12-/m0/s1. The number of carboxylic acid groups (broad SMARTS) is 1. The topological polar surface area (TPSA) is 49.8 Å². The van der Waals surface area contributed by atoms with Crippen LogP contribution < -0.4 is 0 Å². The maximum Gasteiger partial charge on any atom is 0.325 e. The molecule has 0 unspecified atom stereocenters. The molecule has 1 N–H and O–H groups in total. The van der Waals surface area contributed by atoms with Crippen LogP contribution in [0.5, 0.6) is 0 Å². The number of carboxylic acids is 1. The number of aliphatic carboxylic acids is 1. The minimum atomic E-state index is -0.797. The van der Waals surface area contributed by atoms with E-state index in [9.17, 15) is 9.90 Å². The molecule has 1 aromatic carbocycles. The maximum absolute atomic E-state index is 11.5. The molecule has 0 saturated carbocycles. The van der Waals surface area contributed by atoms with Gasteiger partial charge in [-0.25, -0.2) is 0 Å². The van der Waals surface area contributed by atoms with E-state index in [0.717, 1.165) is 10.5 Å². The molecule has 1 aliphatic rings. The molecule has 0 radical (unpaired) electrons. The molecule has 1 aliphatic heterocycles. The lowest BCUT2D eigenvalue weighted by molar-refractivity contribution is -0.145. The molecule has 0 spiro atoms. The van der Waals surface area contributed by atoms with Crippen molar-refractivity contribution in [3.05, 3.63) is 29.8 Å². The van der Waals surface area contributed by atoms with Crippen LogP contribution in [0.3, 0.4) is 0 Å². The van der Waals surface area contributed by atoms with Gasteiger partial charge in [0.25, 0.3) is 0 Å². The Kier molecular flexibility index (Phi) is 4.63. The Morgan fingerprint density at radius 2 is 1.94 bits per heavy atom. The number of hydrogen-bond acceptors (Lipinski definition) is 4. The molecule has 1 heterocycles. The molecule has 1 aromatic rings. The molecule has 0 bridgehead atoms. The van der Waals surface area contributed by atoms with E-state index < -0.39 is 12.0 Å². The first-order chi connectivity index (χ1) is 8.72. The van der Waals surface area contributed by atoms with E-state index in [1.54, 1.807) is 11.8 Å². The van der Waals surface area contributed by atoms with Crippen molar-refractivity contribution < 1.29 is 14.6 Å². The van der Waals surface area contributed by atoms with E-state index in [1.807, 2.05) is 35.4 Å². The fourth-order valence-electron chi connectivity index (χ4n) is 2.13. The fraction of sp³-hybridized carbons (Fsp3) is 0.462. The molecule has 18 heavy (non-hydrogen) atoms. The van der Waals surface area contributed by atoms with Crippen molar-refractivity contribution in [3.63, 3.8) is 0 Å². The quantitative estimate of drug-likeness (QED) is 0.844. The van der Waals surface area contributed by atoms with Crippen LogP contribution in [0.15, 0.2) is 29.2 Å². The van der Waals surface area contributed by atoms with Crippen LogP contribution in [-0.4, -0.2) is 48.5 Å². The SMILES string of the molecule is CSc1ccc([C@@H](C(=O)O)N2CCOCC2)cc1. The zero-order valence-corrected chi connectivity index (χ0v) is 11.2. The Balaban J connectivity index is 2.20. The lowest BCUT2D eigenvalue weighted by Crippen LogP contribution is -2.42. The van der Waals surface area contributed by atoms with Crippen molar-refractivity contribution >= 4 is 17.7 Å². The van der Waals surface area contributed by atoms with Crippen LogP contribution in [-0.2, 0) is 9.53 Å². The van der Waals surface area contributed by atoms with Gasteiger partial charge in [-0.05, 0) is 24.0 Å². The summed E-state index contributed by atoms with van der Waals surface area (Å²) in [5.41, 5.74) is 0.835. The minimum absolute atomic E-state index is 0.565. The Hall–Kier alpha value is -1.04. The van der Waals surface area contributed by atoms with E-state index in [1.165, 1.54) is 0 Å². The molecule has 1 atom stereocenters. The van der Waals surface area contributed by atoms with Gasteiger partial charge in [0.2, 0.25) is 0 Å². The zero-order chi connectivity index (χ0) is 13.0. The Morgan fingerprint density at radius 3 is 2.44 bits per heavy atom. The third-order valence-electron chi connectivity index (χ3n) is 3.08. The number of hydrogen-bond donors (Lipinski definition) is 1. The van der Waals surface area contributed by atoms with Gasteiger partial charge in [-0.15, -0.1) is 11.8 Å². The smallest absolute Gasteiger partial charge is 0.325 e. The molecule has 0 aliphatic carbocycles. The molecule has 2 rings (SSSR count). The number of morpholine rings is 1. The largest absolute Gasteiger partial charge is 0.480 e. The molecule has 1 fully saturated rings. The van der Waals surface area contributed by atoms with Crippen LogP contribution in [0, 0.1) is 0 Å². The predicted molar refractivity (Wildman–Crippen MR) is 71.0 cm³/mol. The third-order valence-corrected chi connectivity index (χ3v) is 3.82. The summed E-state index contributed by atoms with van der Waals surface area (Å²) >= 11 is 1.65. The Morgan fingerprint density at radius 1 is 1.33 bits per heavy atom. The summed E-state index contributed by atoms with van der Waals surface area (Å²) < 4.78 is 5.26. The van der Waals surface area contributed by atoms with Crippen molar-refractivity contribution in [2.75, 3.05) is 32.6 Å². The monoisotopic (exact) mass is 267 g/mol. The summed E-state index contributed by atoms with van der Waals surface area (Å²) in [6.45, 7) is 2.54. The van der Waals surface area contributed by atoms with Gasteiger partial charge < -0.3 is 9.84 Å². The highest BCUT2D eigenvalue weighted by molar-refractivity contribution is 7.98. The van der Waals surface area contributed by atoms with Gasteiger partial charge in [0.05, 0.1) is 13.2 Å². The van der Waals surface area contributed by atoms with Gasteiger partial charge in [-0.2, -0.15) is 0 Å². The second kappa shape index (κ2) is 6.22. The highest BCUT2D eigenvalue weighted by atomic mass is 32.2. The maximum atomic E-state index is 11.5. The molecule has 0 amide bonds. The van der Waals surface area contributed by atoms with Crippen molar-refractivity contribution in [1.29, 1.82) is 0 Å². The highest BCUT2D eigenvalue weighted by Crippen LogP contribution is 2.24. The normalized spacial score (nSPS) is 18.5. The number of nitrogens with zero attached hydrogens (tertiary/aromatic N) is 1. The van der Waals surface area contributed by atoms with Crippen LogP contribution >= 0.6 is 11.8 Å². The van der Waals surface area contributed by atoms with Crippen molar-refractivity contribution in [2.45, 2.75) is 10.9 Å². The highest BCUT2D eigenvalue weighted by Gasteiger charge is 2.28. The van der Waals surface area contributed by atoms with Gasteiger partial charge >= 0.3 is 5.97 Å². The van der Waals surface area contributed by atoms with E-state index in [4.69, 9.17) is 4.74 Å². The van der Waals surface area contributed by atoms with Crippen molar-refractivity contribution in [1.82, 2.24) is 4.90 Å². The number of benzene rings is 1. The van der Waals surface area contributed by atoms with E-state index >= 15 is 0 Å². The van der Waals surface area contributed by atoms with Gasteiger partial charge in [0.1, 0.15) is 6.04 Å². The number of ether oxygens (including phenoxy) is 1. The molecule has 4 nitrogen and oxygen atoms in total. The van der Waals surface area contributed by atoms with Gasteiger partial charge in [-0.1, -0.05) is 12.1 Å². The average molecular weight is 267 g/mol. The van der Waals surface area contributed by atoms with Gasteiger partial charge in [0, 0.05) is 18.0 Å². The summed E-state index contributed by atoms with van der Waals surface area (Å²) in [5, 5.41) is 9.42. The molecule has 0 aromatic heterocycles. The first kappa shape index (κ1) is 13.4. The third kappa shape index (κ3) is 3.04. The zero-order valence-electron chi connectivity index (χ0n) is 10.3. The lowest BCUT2D eigenvalue weighted by Gasteiger charge is -2.32. The molecule has 5 heteroatoms. The van der Waals surface area contributed by atoms with Crippen LogP contribution in [0.1, 0.15) is 11.6 Å². The van der Waals surface area contributed by atoms with Crippen LogP contribution in [0.25, 0.3) is 0 Å². The van der Waals surface area contributed by atoms with Gasteiger partial charge in [0.15, 0.2) is 0 Å². The first-order valence-electron chi connectivity index (χ1n) is 5.91. The number of carbonyl (C=O) groups is 1. The summed E-state index contributed by atoms with van der Waals surface area (Å²) in [7, 11) is 0. The molecular weight excluding hydrogens is 250 g/mol. The predicted octanol–water partition coefficient (Wildman–Crippen LogP) is 1.87. The first-order valence-corrected chi connectivity index (χ1v) is 7.13. The van der Waals surface area contributed by atoms with E-state index in [0.29, 0.717) is 26.3 Å². The van der Waals surface area contributed by atoms with Crippen molar-refractivity contribution in [2.24, 2.45) is 0 Å². The summed E-state index contributed by atoms with van der Waals surface area (Å²) in [5.74, 6) is -0.797. The summed E-state index contributed by atoms with van der Waals surface area (Å²) in [6, 6.07) is 7.18. The van der Waals surface area contributed by atoms with Crippen LogP contribution in [0.4, 0.5) is 0 Å². The Bertz CT molecular complexity index is 401. The molecule has 1 saturated heterocycles. The summed E-state index contributed by atoms with van der Waals surface area (Å²) in [6.07, 6.45) is 2.01. The second-order valence-electron chi connectivity index (χ2n) is 4.16. The number of rotatable bonds is 4. The lowest BCUT2D eigenvalue weighted by atomic mass is 10.1. The fourth-order valence-corrected chi connectivity index (χ4v) is 2.54.